The van der Waals surface area contributed by atoms with Gasteiger partial charge in [-0.15, -0.1) is 0 Å². The SMILES string of the molecule is CCCCC1CCC(=O)CC1.CCCCOC1CCC(=O)CC1. The van der Waals surface area contributed by atoms with E-state index in [2.05, 4.69) is 13.8 Å². The van der Waals surface area contributed by atoms with E-state index in [4.69, 9.17) is 4.74 Å². The van der Waals surface area contributed by atoms with Crippen LogP contribution in [-0.2, 0) is 14.3 Å². The van der Waals surface area contributed by atoms with Crippen molar-refractivity contribution in [2.75, 3.05) is 6.61 Å². The molecule has 0 saturated heterocycles. The van der Waals surface area contributed by atoms with Gasteiger partial charge in [-0.1, -0.05) is 39.5 Å². The molecule has 2 aliphatic carbocycles. The number of carbonyl (C=O) groups is 2. The van der Waals surface area contributed by atoms with Crippen LogP contribution < -0.4 is 0 Å². The maximum Gasteiger partial charge on any atom is 0.133 e. The minimum Gasteiger partial charge on any atom is -0.378 e. The molecule has 3 heteroatoms. The van der Waals surface area contributed by atoms with E-state index in [1.165, 1.54) is 38.5 Å². The average Bonchev–Trinajstić information content (AvgIpc) is 2.57. The first-order valence-electron chi connectivity index (χ1n) is 9.80. The summed E-state index contributed by atoms with van der Waals surface area (Å²) in [6, 6.07) is 0. The number of carbonyl (C=O) groups excluding carboxylic acids is 2. The summed E-state index contributed by atoms with van der Waals surface area (Å²) < 4.78 is 5.62. The molecule has 2 fully saturated rings. The van der Waals surface area contributed by atoms with Gasteiger partial charge in [0.1, 0.15) is 11.6 Å². The van der Waals surface area contributed by atoms with Gasteiger partial charge in [-0.05, 0) is 38.0 Å². The van der Waals surface area contributed by atoms with Gasteiger partial charge < -0.3 is 4.74 Å². The van der Waals surface area contributed by atoms with Gasteiger partial charge in [0.15, 0.2) is 0 Å². The van der Waals surface area contributed by atoms with Crippen molar-refractivity contribution in [3.8, 4) is 0 Å². The Bertz CT molecular complexity index is 318. The van der Waals surface area contributed by atoms with Gasteiger partial charge in [0.2, 0.25) is 0 Å². The van der Waals surface area contributed by atoms with Crippen molar-refractivity contribution < 1.29 is 14.3 Å². The number of ketones is 2. The number of hydrogen-bond donors (Lipinski definition) is 0. The Morgan fingerprint density at radius 3 is 1.87 bits per heavy atom. The number of Topliss-reactive ketones (excluding diaryl/α,β-unsaturated/α-hetero) is 2. The summed E-state index contributed by atoms with van der Waals surface area (Å²) in [6.45, 7) is 5.26. The zero-order chi connectivity index (χ0) is 16.9. The lowest BCUT2D eigenvalue weighted by atomic mass is 9.85. The molecule has 0 spiro atoms. The Labute approximate surface area is 142 Å². The third kappa shape index (κ3) is 9.91. The van der Waals surface area contributed by atoms with Gasteiger partial charge in [0, 0.05) is 32.3 Å². The molecule has 3 nitrogen and oxygen atoms in total. The molecule has 2 aliphatic rings. The highest BCUT2D eigenvalue weighted by Crippen LogP contribution is 2.25. The van der Waals surface area contributed by atoms with Gasteiger partial charge in [-0.3, -0.25) is 9.59 Å². The number of unbranched alkanes of at least 4 members (excludes halogenated alkanes) is 2. The normalized spacial score (nSPS) is 20.3. The molecule has 0 radical (unpaired) electrons. The second-order valence-electron chi connectivity index (χ2n) is 7.09. The molecule has 0 unspecified atom stereocenters. The summed E-state index contributed by atoms with van der Waals surface area (Å²) in [7, 11) is 0. The first-order chi connectivity index (χ1) is 11.2. The second-order valence-corrected chi connectivity index (χ2v) is 7.09. The highest BCUT2D eigenvalue weighted by molar-refractivity contribution is 5.79. The van der Waals surface area contributed by atoms with Crippen molar-refractivity contribution >= 4 is 11.6 Å². The third-order valence-electron chi connectivity index (χ3n) is 4.97. The van der Waals surface area contributed by atoms with Crippen molar-refractivity contribution in [2.24, 2.45) is 5.92 Å². The molecule has 0 amide bonds. The van der Waals surface area contributed by atoms with E-state index in [1.54, 1.807) is 0 Å². The fraction of sp³-hybridized carbons (Fsp3) is 0.900. The van der Waals surface area contributed by atoms with E-state index in [0.29, 0.717) is 17.7 Å². The zero-order valence-electron chi connectivity index (χ0n) is 15.3. The first kappa shape index (κ1) is 20.3. The molecule has 2 saturated carbocycles. The van der Waals surface area contributed by atoms with E-state index in [9.17, 15) is 9.59 Å². The van der Waals surface area contributed by atoms with Crippen molar-refractivity contribution in [3.63, 3.8) is 0 Å². The maximum atomic E-state index is 10.9. The van der Waals surface area contributed by atoms with E-state index < -0.39 is 0 Å². The molecule has 23 heavy (non-hydrogen) atoms. The highest BCUT2D eigenvalue weighted by atomic mass is 16.5. The molecule has 0 heterocycles. The van der Waals surface area contributed by atoms with Gasteiger partial charge in [0.05, 0.1) is 6.10 Å². The van der Waals surface area contributed by atoms with Crippen molar-refractivity contribution in [1.82, 2.24) is 0 Å². The number of ether oxygens (including phenoxy) is 1. The quantitative estimate of drug-likeness (QED) is 0.601. The average molecular weight is 325 g/mol. The summed E-state index contributed by atoms with van der Waals surface area (Å²) in [5.41, 5.74) is 0. The summed E-state index contributed by atoms with van der Waals surface area (Å²) in [6.07, 6.45) is 14.1. The first-order valence-corrected chi connectivity index (χ1v) is 9.80. The fourth-order valence-electron chi connectivity index (χ4n) is 3.26. The Hall–Kier alpha value is -0.700. The molecule has 0 atom stereocenters. The summed E-state index contributed by atoms with van der Waals surface area (Å²) in [4.78, 5) is 21.8. The summed E-state index contributed by atoms with van der Waals surface area (Å²) in [5, 5.41) is 0. The van der Waals surface area contributed by atoms with E-state index in [0.717, 1.165) is 57.5 Å². The fourth-order valence-corrected chi connectivity index (χ4v) is 3.26. The minimum atomic E-state index is 0.370. The van der Waals surface area contributed by atoms with Gasteiger partial charge >= 0.3 is 0 Å². The second kappa shape index (κ2) is 12.7. The number of rotatable bonds is 7. The lowest BCUT2D eigenvalue weighted by Crippen LogP contribution is -2.21. The Morgan fingerprint density at radius 2 is 1.35 bits per heavy atom. The minimum absolute atomic E-state index is 0.370. The standard InChI is InChI=1S/C10H18O2.C10H18O/c1-2-3-8-12-10-6-4-9(11)5-7-10;1-2-3-4-9-5-7-10(11)8-6-9/h10H,2-8H2,1H3;9H,2-8H2,1H3. The van der Waals surface area contributed by atoms with E-state index in [1.807, 2.05) is 0 Å². The molecular formula is C20H36O3. The van der Waals surface area contributed by atoms with E-state index in [-0.39, 0.29) is 0 Å². The van der Waals surface area contributed by atoms with Crippen LogP contribution in [0.25, 0.3) is 0 Å². The Morgan fingerprint density at radius 1 is 0.826 bits per heavy atom. The van der Waals surface area contributed by atoms with Crippen LogP contribution >= 0.6 is 0 Å². The molecule has 2 rings (SSSR count). The summed E-state index contributed by atoms with van der Waals surface area (Å²) >= 11 is 0. The van der Waals surface area contributed by atoms with Gasteiger partial charge in [-0.2, -0.15) is 0 Å². The van der Waals surface area contributed by atoms with Crippen LogP contribution in [0.15, 0.2) is 0 Å². The zero-order valence-corrected chi connectivity index (χ0v) is 15.3. The maximum absolute atomic E-state index is 10.9. The molecule has 134 valence electrons. The monoisotopic (exact) mass is 324 g/mol. The molecule has 0 aromatic carbocycles. The van der Waals surface area contributed by atoms with Crippen LogP contribution in [0, 0.1) is 5.92 Å². The molecule has 0 N–H and O–H groups in total. The Kier molecular flexibility index (Phi) is 11.2. The van der Waals surface area contributed by atoms with Crippen molar-refractivity contribution in [2.45, 2.75) is 103 Å². The molecule has 0 aromatic heterocycles. The van der Waals surface area contributed by atoms with Crippen LogP contribution in [0.4, 0.5) is 0 Å². The smallest absolute Gasteiger partial charge is 0.133 e. The van der Waals surface area contributed by atoms with Crippen LogP contribution in [0.2, 0.25) is 0 Å². The van der Waals surface area contributed by atoms with Crippen LogP contribution in [-0.4, -0.2) is 24.3 Å². The largest absolute Gasteiger partial charge is 0.378 e. The predicted octanol–water partition coefficient (Wildman–Crippen LogP) is 5.25. The predicted molar refractivity (Wildman–Crippen MR) is 94.6 cm³/mol. The van der Waals surface area contributed by atoms with Crippen LogP contribution in [0.5, 0.6) is 0 Å². The van der Waals surface area contributed by atoms with Crippen molar-refractivity contribution in [1.29, 1.82) is 0 Å². The van der Waals surface area contributed by atoms with Crippen LogP contribution in [0.3, 0.4) is 0 Å². The molecule has 0 bridgehead atoms. The molecule has 0 aromatic rings. The highest BCUT2D eigenvalue weighted by Gasteiger charge is 2.18. The molecule has 0 aliphatic heterocycles. The van der Waals surface area contributed by atoms with E-state index >= 15 is 0 Å². The Balaban J connectivity index is 0.000000231. The van der Waals surface area contributed by atoms with Crippen LogP contribution in [0.1, 0.15) is 97.3 Å². The van der Waals surface area contributed by atoms with Crippen molar-refractivity contribution in [3.05, 3.63) is 0 Å². The number of hydrogen-bond acceptors (Lipinski definition) is 3. The lowest BCUT2D eigenvalue weighted by Gasteiger charge is -2.21. The summed E-state index contributed by atoms with van der Waals surface area (Å²) in [5.74, 6) is 1.76. The van der Waals surface area contributed by atoms with Gasteiger partial charge in [0.25, 0.3) is 0 Å². The van der Waals surface area contributed by atoms with Gasteiger partial charge in [-0.25, -0.2) is 0 Å². The topological polar surface area (TPSA) is 43.4 Å². The molecular weight excluding hydrogens is 288 g/mol. The lowest BCUT2D eigenvalue weighted by molar-refractivity contribution is -0.123. The third-order valence-corrected chi connectivity index (χ3v) is 4.97.